The Morgan fingerprint density at radius 3 is 2.47 bits per heavy atom. The van der Waals surface area contributed by atoms with Gasteiger partial charge in [-0.1, -0.05) is 17.3 Å². The minimum absolute atomic E-state index is 0.301. The van der Waals surface area contributed by atoms with Crippen molar-refractivity contribution in [1.82, 2.24) is 15.0 Å². The predicted octanol–water partition coefficient (Wildman–Crippen LogP) is 4.08. The number of halogens is 4. The smallest absolute Gasteiger partial charge is 0.406 e. The van der Waals surface area contributed by atoms with Gasteiger partial charge in [0.05, 0.1) is 12.1 Å². The molecule has 1 fully saturated rings. The van der Waals surface area contributed by atoms with Gasteiger partial charge in [-0.05, 0) is 48.4 Å². The Balaban J connectivity index is 1.48. The molecule has 3 aromatic rings. The topological polar surface area (TPSA) is 71.6 Å². The molecular weight excluding hydrogens is 406 g/mol. The van der Waals surface area contributed by atoms with Crippen molar-refractivity contribution in [2.24, 2.45) is 0 Å². The molecule has 0 saturated carbocycles. The van der Waals surface area contributed by atoms with Gasteiger partial charge < -0.3 is 14.4 Å². The van der Waals surface area contributed by atoms with E-state index in [4.69, 9.17) is 4.52 Å². The van der Waals surface area contributed by atoms with Crippen LogP contribution in [0.3, 0.4) is 0 Å². The van der Waals surface area contributed by atoms with Crippen LogP contribution in [-0.4, -0.2) is 39.2 Å². The fourth-order valence-electron chi connectivity index (χ4n) is 3.43. The number of ether oxygens (including phenoxy) is 1. The van der Waals surface area contributed by atoms with Crippen LogP contribution in [0.4, 0.5) is 17.6 Å². The summed E-state index contributed by atoms with van der Waals surface area (Å²) in [5, 5.41) is 14.1. The van der Waals surface area contributed by atoms with E-state index in [-0.39, 0.29) is 17.6 Å². The number of hydrogen-bond acceptors (Lipinski definition) is 6. The first-order valence-electron chi connectivity index (χ1n) is 9.13. The van der Waals surface area contributed by atoms with Gasteiger partial charge in [-0.3, -0.25) is 4.90 Å². The molecular formula is C20H17F4N3O3. The number of likely N-dealkylation sites (tertiary alicyclic amines) is 1. The lowest BCUT2D eigenvalue weighted by Crippen LogP contribution is -2.24. The third kappa shape index (κ3) is 4.77. The molecule has 2 aromatic carbocycles. The average Bonchev–Trinajstić information content (AvgIpc) is 3.29. The van der Waals surface area contributed by atoms with Crippen LogP contribution in [0, 0.1) is 5.82 Å². The second-order valence-electron chi connectivity index (χ2n) is 6.99. The van der Waals surface area contributed by atoms with Crippen molar-refractivity contribution in [2.45, 2.75) is 31.5 Å². The molecule has 10 heteroatoms. The molecule has 6 nitrogen and oxygen atoms in total. The molecule has 0 bridgehead atoms. The van der Waals surface area contributed by atoms with Gasteiger partial charge in [-0.15, -0.1) is 13.2 Å². The van der Waals surface area contributed by atoms with E-state index in [1.165, 1.54) is 48.5 Å². The van der Waals surface area contributed by atoms with Gasteiger partial charge >= 0.3 is 6.36 Å². The number of aliphatic hydroxyl groups is 1. The molecule has 1 aliphatic heterocycles. The molecule has 0 aliphatic carbocycles. The second-order valence-corrected chi connectivity index (χ2v) is 6.99. The standard InChI is InChI=1S/C20H17F4N3O3/c21-14-5-3-13(4-6-14)18-25-19(30-26-18)17-9-15(28)11-27(17)10-12-1-7-16(8-2-12)29-20(22,23)24/h1-8,15,17,28H,9-11H2. The third-order valence-corrected chi connectivity index (χ3v) is 4.75. The zero-order valence-corrected chi connectivity index (χ0v) is 15.5. The van der Waals surface area contributed by atoms with Gasteiger partial charge in [-0.25, -0.2) is 4.39 Å². The summed E-state index contributed by atoms with van der Waals surface area (Å²) in [5.74, 6) is -0.0628. The Morgan fingerprint density at radius 2 is 1.80 bits per heavy atom. The van der Waals surface area contributed by atoms with Gasteiger partial charge in [0.15, 0.2) is 0 Å². The summed E-state index contributed by atoms with van der Waals surface area (Å²) in [7, 11) is 0. The third-order valence-electron chi connectivity index (χ3n) is 4.75. The summed E-state index contributed by atoms with van der Waals surface area (Å²) in [4.78, 5) is 6.28. The zero-order chi connectivity index (χ0) is 21.3. The molecule has 1 saturated heterocycles. The normalized spacial score (nSPS) is 19.9. The van der Waals surface area contributed by atoms with Crippen molar-refractivity contribution in [1.29, 1.82) is 0 Å². The lowest BCUT2D eigenvalue weighted by atomic mass is 10.1. The zero-order valence-electron chi connectivity index (χ0n) is 15.5. The van der Waals surface area contributed by atoms with Crippen molar-refractivity contribution >= 4 is 0 Å². The largest absolute Gasteiger partial charge is 0.573 e. The van der Waals surface area contributed by atoms with Gasteiger partial charge in [0.25, 0.3) is 0 Å². The Bertz CT molecular complexity index is 990. The van der Waals surface area contributed by atoms with E-state index < -0.39 is 12.5 Å². The van der Waals surface area contributed by atoms with Crippen LogP contribution in [0.2, 0.25) is 0 Å². The summed E-state index contributed by atoms with van der Waals surface area (Å²) < 4.78 is 59.2. The van der Waals surface area contributed by atoms with E-state index in [0.717, 1.165) is 5.56 Å². The Kier molecular flexibility index (Phi) is 5.44. The molecule has 1 aliphatic rings. The lowest BCUT2D eigenvalue weighted by Gasteiger charge is -2.21. The maximum atomic E-state index is 13.1. The minimum Gasteiger partial charge on any atom is -0.406 e. The molecule has 0 spiro atoms. The van der Waals surface area contributed by atoms with Crippen LogP contribution in [0.25, 0.3) is 11.4 Å². The number of benzene rings is 2. The molecule has 1 N–H and O–H groups in total. The molecule has 2 heterocycles. The van der Waals surface area contributed by atoms with E-state index in [0.29, 0.717) is 36.8 Å². The first-order valence-corrected chi connectivity index (χ1v) is 9.13. The van der Waals surface area contributed by atoms with Crippen LogP contribution in [0.15, 0.2) is 53.1 Å². The van der Waals surface area contributed by atoms with Gasteiger partial charge in [0.1, 0.15) is 11.6 Å². The van der Waals surface area contributed by atoms with E-state index in [2.05, 4.69) is 14.9 Å². The summed E-state index contributed by atoms with van der Waals surface area (Å²) in [6.07, 6.45) is -4.98. The first-order chi connectivity index (χ1) is 14.3. The fraction of sp³-hybridized carbons (Fsp3) is 0.300. The molecule has 4 rings (SSSR count). The van der Waals surface area contributed by atoms with Gasteiger partial charge in [0, 0.05) is 18.7 Å². The fourth-order valence-corrected chi connectivity index (χ4v) is 3.43. The Hall–Kier alpha value is -2.98. The van der Waals surface area contributed by atoms with E-state index in [9.17, 15) is 22.7 Å². The Labute approximate surface area is 168 Å². The number of nitrogens with zero attached hydrogens (tertiary/aromatic N) is 3. The highest BCUT2D eigenvalue weighted by atomic mass is 19.4. The number of hydrogen-bond donors (Lipinski definition) is 1. The minimum atomic E-state index is -4.74. The molecule has 158 valence electrons. The highest BCUT2D eigenvalue weighted by molar-refractivity contribution is 5.53. The number of aliphatic hydroxyl groups excluding tert-OH is 1. The Morgan fingerprint density at radius 1 is 1.10 bits per heavy atom. The molecule has 0 radical (unpaired) electrons. The average molecular weight is 423 g/mol. The highest BCUT2D eigenvalue weighted by Crippen LogP contribution is 2.34. The van der Waals surface area contributed by atoms with Crippen molar-refractivity contribution in [2.75, 3.05) is 6.54 Å². The number of aromatic nitrogens is 2. The van der Waals surface area contributed by atoms with Crippen LogP contribution in [0.5, 0.6) is 5.75 Å². The predicted molar refractivity (Wildman–Crippen MR) is 96.6 cm³/mol. The van der Waals surface area contributed by atoms with Gasteiger partial charge in [0.2, 0.25) is 11.7 Å². The van der Waals surface area contributed by atoms with Gasteiger partial charge in [-0.2, -0.15) is 4.98 Å². The maximum absolute atomic E-state index is 13.1. The number of β-amino-alcohol motifs (C(OH)–C–C–N with tert-alkyl or cyclic N) is 1. The number of alkyl halides is 3. The van der Waals surface area contributed by atoms with E-state index in [1.807, 2.05) is 4.90 Å². The van der Waals surface area contributed by atoms with Crippen molar-refractivity contribution < 1.29 is 31.9 Å². The van der Waals surface area contributed by atoms with Crippen molar-refractivity contribution in [3.05, 3.63) is 65.8 Å². The summed E-state index contributed by atoms with van der Waals surface area (Å²) in [6.45, 7) is 0.710. The maximum Gasteiger partial charge on any atom is 0.573 e. The van der Waals surface area contributed by atoms with Crippen LogP contribution < -0.4 is 4.74 Å². The summed E-state index contributed by atoms with van der Waals surface area (Å²) >= 11 is 0. The van der Waals surface area contributed by atoms with E-state index >= 15 is 0 Å². The molecule has 1 aromatic heterocycles. The van der Waals surface area contributed by atoms with Crippen LogP contribution in [-0.2, 0) is 6.54 Å². The van der Waals surface area contributed by atoms with Crippen LogP contribution >= 0.6 is 0 Å². The second kappa shape index (κ2) is 8.04. The molecule has 2 unspecified atom stereocenters. The first kappa shape index (κ1) is 20.3. The molecule has 2 atom stereocenters. The highest BCUT2D eigenvalue weighted by Gasteiger charge is 2.36. The van der Waals surface area contributed by atoms with Crippen molar-refractivity contribution in [3.8, 4) is 17.1 Å². The van der Waals surface area contributed by atoms with Crippen LogP contribution in [0.1, 0.15) is 23.9 Å². The molecule has 0 amide bonds. The van der Waals surface area contributed by atoms with E-state index in [1.54, 1.807) is 0 Å². The summed E-state index contributed by atoms with van der Waals surface area (Å²) in [5.41, 5.74) is 1.33. The SMILES string of the molecule is OC1CC(c2nc(-c3ccc(F)cc3)no2)N(Cc2ccc(OC(F)(F)F)cc2)C1. The lowest BCUT2D eigenvalue weighted by molar-refractivity contribution is -0.274. The monoisotopic (exact) mass is 423 g/mol. The van der Waals surface area contributed by atoms with Crippen molar-refractivity contribution in [3.63, 3.8) is 0 Å². The summed E-state index contributed by atoms with van der Waals surface area (Å²) in [6, 6.07) is 10.8. The quantitative estimate of drug-likeness (QED) is 0.624. The number of rotatable bonds is 5. The molecule has 30 heavy (non-hydrogen) atoms.